The van der Waals surface area contributed by atoms with Gasteiger partial charge in [0.05, 0.1) is 0 Å². The van der Waals surface area contributed by atoms with E-state index in [0.717, 1.165) is 38.3 Å². The first-order valence-corrected chi connectivity index (χ1v) is 9.50. The van der Waals surface area contributed by atoms with Gasteiger partial charge in [-0.1, -0.05) is 44.6 Å². The van der Waals surface area contributed by atoms with Gasteiger partial charge in [-0.2, -0.15) is 5.12 Å². The van der Waals surface area contributed by atoms with Crippen molar-refractivity contribution in [3.63, 3.8) is 0 Å². The van der Waals surface area contributed by atoms with E-state index in [0.29, 0.717) is 11.6 Å². The van der Waals surface area contributed by atoms with E-state index in [2.05, 4.69) is 59.7 Å². The minimum absolute atomic E-state index is 0.101. The van der Waals surface area contributed by atoms with Crippen molar-refractivity contribution in [3.8, 4) is 0 Å². The van der Waals surface area contributed by atoms with Crippen molar-refractivity contribution in [2.24, 2.45) is 16.9 Å². The third kappa shape index (κ3) is 3.83. The molecule has 3 heterocycles. The van der Waals surface area contributed by atoms with Crippen molar-refractivity contribution in [1.82, 2.24) is 25.9 Å². The van der Waals surface area contributed by atoms with E-state index in [9.17, 15) is 4.79 Å². The highest BCUT2D eigenvalue weighted by Crippen LogP contribution is 2.27. The molecule has 0 radical (unpaired) electrons. The molecule has 3 rings (SSSR count). The van der Waals surface area contributed by atoms with Crippen LogP contribution >= 0.6 is 0 Å². The van der Waals surface area contributed by atoms with E-state index in [1.165, 1.54) is 5.57 Å². The highest BCUT2D eigenvalue weighted by Gasteiger charge is 2.39. The maximum atomic E-state index is 12.3. The topological polar surface area (TPSA) is 63.2 Å². The molecule has 2 atom stereocenters. The number of hydrazone groups is 1. The molecular formula is C19H30N6O. The summed E-state index contributed by atoms with van der Waals surface area (Å²) in [6, 6.07) is 0. The largest absolute Gasteiger partial charge is 0.307 e. The fraction of sp³-hybridized carbons (Fsp3) is 0.579. The summed E-state index contributed by atoms with van der Waals surface area (Å²) < 4.78 is 0. The lowest BCUT2D eigenvalue weighted by Gasteiger charge is -2.30. The molecule has 0 aromatic rings. The van der Waals surface area contributed by atoms with Crippen LogP contribution in [0.3, 0.4) is 0 Å². The Balaban J connectivity index is 1.68. The summed E-state index contributed by atoms with van der Waals surface area (Å²) in [4.78, 5) is 14.8. The number of hydrogen-bond acceptors (Lipinski definition) is 6. The maximum Gasteiger partial charge on any atom is 0.278 e. The van der Waals surface area contributed by atoms with Gasteiger partial charge in [-0.05, 0) is 18.8 Å². The second-order valence-corrected chi connectivity index (χ2v) is 7.20. The molecule has 7 heteroatoms. The lowest BCUT2D eigenvalue weighted by Crippen LogP contribution is -2.50. The summed E-state index contributed by atoms with van der Waals surface area (Å²) in [5.41, 5.74) is 4.95. The molecule has 0 aliphatic carbocycles. The molecule has 0 spiro atoms. The standard InChI is InChI=1S/C19H30N6O/c1-5-7-8-9-15(6-2)12-24-11-14(3)16(13-24)18-21-19(26)17-10-20-23(4)25(17)22-18/h7-10,14,16,20H,5-6,11-13H2,1-4H3,(H,21,22,26)/b8-7-,15-9+. The molecule has 26 heavy (non-hydrogen) atoms. The van der Waals surface area contributed by atoms with Gasteiger partial charge in [0.2, 0.25) is 0 Å². The van der Waals surface area contributed by atoms with Crippen LogP contribution in [0.25, 0.3) is 0 Å². The molecule has 0 saturated carbocycles. The average molecular weight is 358 g/mol. The Morgan fingerprint density at radius 3 is 2.92 bits per heavy atom. The van der Waals surface area contributed by atoms with Gasteiger partial charge in [0, 0.05) is 38.8 Å². The number of hydrogen-bond donors (Lipinski definition) is 2. The first kappa shape index (κ1) is 18.7. The Morgan fingerprint density at radius 1 is 1.38 bits per heavy atom. The van der Waals surface area contributed by atoms with Gasteiger partial charge < -0.3 is 10.7 Å². The molecule has 0 aromatic heterocycles. The van der Waals surface area contributed by atoms with E-state index in [1.807, 2.05) is 7.05 Å². The number of hydrazine groups is 2. The van der Waals surface area contributed by atoms with Crippen LogP contribution in [0.2, 0.25) is 0 Å². The number of amidine groups is 1. The van der Waals surface area contributed by atoms with Crippen molar-refractivity contribution < 1.29 is 4.79 Å². The van der Waals surface area contributed by atoms with E-state index >= 15 is 0 Å². The zero-order valence-electron chi connectivity index (χ0n) is 16.2. The quantitative estimate of drug-likeness (QED) is 0.709. The van der Waals surface area contributed by atoms with Crippen LogP contribution in [0.5, 0.6) is 0 Å². The Bertz CT molecular complexity index is 665. The molecule has 0 aromatic carbocycles. The van der Waals surface area contributed by atoms with Crippen LogP contribution in [-0.4, -0.2) is 53.6 Å². The SMILES string of the molecule is CC/C=C\C=C(/CC)CN1CC(C)C(C2=NN3C(=CNN3C)C(=O)N2)C1. The van der Waals surface area contributed by atoms with Gasteiger partial charge >= 0.3 is 0 Å². The van der Waals surface area contributed by atoms with Gasteiger partial charge in [-0.15, -0.1) is 10.2 Å². The molecule has 1 amide bonds. The summed E-state index contributed by atoms with van der Waals surface area (Å²) in [7, 11) is 1.84. The van der Waals surface area contributed by atoms with Crippen molar-refractivity contribution in [1.29, 1.82) is 0 Å². The maximum absolute atomic E-state index is 12.3. The minimum Gasteiger partial charge on any atom is -0.307 e. The van der Waals surface area contributed by atoms with E-state index < -0.39 is 0 Å². The Morgan fingerprint density at radius 2 is 2.19 bits per heavy atom. The van der Waals surface area contributed by atoms with Gasteiger partial charge in [-0.3, -0.25) is 9.69 Å². The van der Waals surface area contributed by atoms with Gasteiger partial charge in [0.1, 0.15) is 5.84 Å². The van der Waals surface area contributed by atoms with Crippen LogP contribution in [-0.2, 0) is 4.79 Å². The molecule has 1 fully saturated rings. The number of nitrogens with zero attached hydrogens (tertiary/aromatic N) is 4. The van der Waals surface area contributed by atoms with E-state index in [-0.39, 0.29) is 11.8 Å². The predicted molar refractivity (Wildman–Crippen MR) is 103 cm³/mol. The van der Waals surface area contributed by atoms with Crippen LogP contribution in [0.15, 0.2) is 40.8 Å². The highest BCUT2D eigenvalue weighted by atomic mass is 16.2. The number of carbonyl (C=O) groups is 1. The molecule has 2 N–H and O–H groups in total. The fourth-order valence-electron chi connectivity index (χ4n) is 3.64. The van der Waals surface area contributed by atoms with Crippen LogP contribution in [0.1, 0.15) is 33.6 Å². The summed E-state index contributed by atoms with van der Waals surface area (Å²) >= 11 is 0. The first-order valence-electron chi connectivity index (χ1n) is 9.50. The minimum atomic E-state index is -0.101. The van der Waals surface area contributed by atoms with Crippen molar-refractivity contribution in [3.05, 3.63) is 35.7 Å². The number of rotatable bonds is 6. The van der Waals surface area contributed by atoms with Crippen molar-refractivity contribution in [2.75, 3.05) is 26.7 Å². The number of carbonyl (C=O) groups excluding carboxylic acids is 1. The summed E-state index contributed by atoms with van der Waals surface area (Å²) in [5.74, 6) is 1.35. The molecule has 1 saturated heterocycles. The lowest BCUT2D eigenvalue weighted by molar-refractivity contribution is -0.120. The predicted octanol–water partition coefficient (Wildman–Crippen LogP) is 1.81. The molecular weight excluding hydrogens is 328 g/mol. The second-order valence-electron chi connectivity index (χ2n) is 7.20. The average Bonchev–Trinajstić information content (AvgIpc) is 3.17. The molecule has 2 unspecified atom stereocenters. The number of fused-ring (bicyclic) bond motifs is 1. The van der Waals surface area contributed by atoms with Crippen molar-refractivity contribution in [2.45, 2.75) is 33.6 Å². The van der Waals surface area contributed by atoms with Crippen LogP contribution in [0.4, 0.5) is 0 Å². The highest BCUT2D eigenvalue weighted by molar-refractivity contribution is 6.08. The van der Waals surface area contributed by atoms with Gasteiger partial charge in [0.15, 0.2) is 5.70 Å². The number of amides is 1. The second kappa shape index (κ2) is 8.05. The summed E-state index contributed by atoms with van der Waals surface area (Å²) in [6.45, 7) is 9.50. The molecule has 0 bridgehead atoms. The number of likely N-dealkylation sites (tertiary alicyclic amines) is 1. The van der Waals surface area contributed by atoms with E-state index in [4.69, 9.17) is 0 Å². The third-order valence-corrected chi connectivity index (χ3v) is 5.19. The third-order valence-electron chi connectivity index (χ3n) is 5.19. The van der Waals surface area contributed by atoms with Crippen LogP contribution in [0, 0.1) is 11.8 Å². The Labute approximate surface area is 156 Å². The number of nitrogens with one attached hydrogen (secondary N) is 2. The van der Waals surface area contributed by atoms with Gasteiger partial charge in [-0.25, -0.2) is 0 Å². The first-order chi connectivity index (χ1) is 12.5. The summed E-state index contributed by atoms with van der Waals surface area (Å²) in [6.07, 6.45) is 10.4. The zero-order chi connectivity index (χ0) is 18.7. The van der Waals surface area contributed by atoms with E-state index in [1.54, 1.807) is 16.4 Å². The lowest BCUT2D eigenvalue weighted by atomic mass is 9.96. The van der Waals surface area contributed by atoms with Crippen LogP contribution < -0.4 is 10.7 Å². The summed E-state index contributed by atoms with van der Waals surface area (Å²) in [5, 5.41) is 11.0. The van der Waals surface area contributed by atoms with Gasteiger partial charge in [0.25, 0.3) is 5.91 Å². The monoisotopic (exact) mass is 358 g/mol. The Hall–Kier alpha value is -2.12. The fourth-order valence-corrected chi connectivity index (χ4v) is 3.64. The molecule has 142 valence electrons. The van der Waals surface area contributed by atoms with Crippen molar-refractivity contribution >= 4 is 11.7 Å². The number of allylic oxidation sites excluding steroid dienone is 3. The zero-order valence-corrected chi connectivity index (χ0v) is 16.2. The Kier molecular flexibility index (Phi) is 5.78. The molecule has 7 nitrogen and oxygen atoms in total. The smallest absolute Gasteiger partial charge is 0.278 e. The molecule has 3 aliphatic heterocycles. The normalized spacial score (nSPS) is 27.5. The molecule has 3 aliphatic rings.